The summed E-state index contributed by atoms with van der Waals surface area (Å²) in [5.74, 6) is -1.03. The number of rotatable bonds is 7. The molecule has 27 heavy (non-hydrogen) atoms. The molecule has 1 rings (SSSR count). The fourth-order valence-corrected chi connectivity index (χ4v) is 4.54. The Morgan fingerprint density at radius 3 is 1.74 bits per heavy atom. The molecule has 0 saturated heterocycles. The van der Waals surface area contributed by atoms with Gasteiger partial charge in [0.25, 0.3) is 0 Å². The summed E-state index contributed by atoms with van der Waals surface area (Å²) in [6.45, 7) is 3.31. The Hall–Kier alpha value is -1.87. The highest BCUT2D eigenvalue weighted by Crippen LogP contribution is 2.45. The Balaban J connectivity index is 3.43. The number of nitrogens with zero attached hydrogens (tertiary/aromatic N) is 1. The minimum Gasteiger partial charge on any atom is -0.427 e. The second-order valence-electron chi connectivity index (χ2n) is 4.84. The lowest BCUT2D eigenvalue weighted by molar-refractivity contribution is -0.276. The molecule has 1 aromatic carbocycles. The lowest BCUT2D eigenvalue weighted by atomic mass is 10.2. The smallest absolute Gasteiger partial charge is 0.427 e. The highest BCUT2D eigenvalue weighted by atomic mass is 32.3. The lowest BCUT2D eigenvalue weighted by Crippen LogP contribution is -2.60. The van der Waals surface area contributed by atoms with Crippen LogP contribution in [0.3, 0.4) is 0 Å². The number of benzene rings is 1. The molecule has 0 fully saturated rings. The Labute approximate surface area is 148 Å². The first-order valence-corrected chi connectivity index (χ1v) is 9.66. The van der Waals surface area contributed by atoms with Crippen molar-refractivity contribution in [3.63, 3.8) is 0 Å². The van der Waals surface area contributed by atoms with Crippen molar-refractivity contribution in [1.29, 1.82) is 0 Å². The van der Waals surface area contributed by atoms with E-state index in [2.05, 4.69) is 11.3 Å². The maximum Gasteiger partial charge on any atom is 0.487 e. The second kappa shape index (κ2) is 6.94. The SMILES string of the molecule is C=Cc1ccc(OC(F)(F)C(F)(F)S(=O)(=O)N(C(F)(F)F)S(C)(=O)=O)cc1. The van der Waals surface area contributed by atoms with E-state index in [1.807, 2.05) is 0 Å². The number of halogens is 7. The van der Waals surface area contributed by atoms with Crippen LogP contribution in [0.15, 0.2) is 30.8 Å². The number of hydrogen-bond donors (Lipinski definition) is 0. The van der Waals surface area contributed by atoms with E-state index < -0.39 is 53.4 Å². The third-order valence-corrected chi connectivity index (χ3v) is 6.49. The zero-order valence-corrected chi connectivity index (χ0v) is 14.7. The summed E-state index contributed by atoms with van der Waals surface area (Å²) in [6, 6.07) is 3.46. The maximum atomic E-state index is 13.8. The molecule has 154 valence electrons. The third-order valence-electron chi connectivity index (χ3n) is 2.75. The van der Waals surface area contributed by atoms with E-state index in [1.54, 1.807) is 0 Å². The fourth-order valence-electron chi connectivity index (χ4n) is 1.64. The summed E-state index contributed by atoms with van der Waals surface area (Å²) in [5.41, 5.74) is 0.324. The van der Waals surface area contributed by atoms with Crippen LogP contribution in [-0.2, 0) is 20.0 Å². The van der Waals surface area contributed by atoms with Crippen LogP contribution in [0.2, 0.25) is 0 Å². The molecule has 0 atom stereocenters. The molecule has 0 amide bonds. The molecule has 0 spiro atoms. The average Bonchev–Trinajstić information content (AvgIpc) is 2.43. The second-order valence-corrected chi connectivity index (χ2v) is 8.73. The molecule has 0 radical (unpaired) electrons. The van der Waals surface area contributed by atoms with Gasteiger partial charge in [0.1, 0.15) is 5.75 Å². The normalized spacial score (nSPS) is 14.3. The van der Waals surface area contributed by atoms with Crippen LogP contribution in [0.4, 0.5) is 30.7 Å². The van der Waals surface area contributed by atoms with Crippen molar-refractivity contribution in [1.82, 2.24) is 3.71 Å². The molecule has 0 heterocycles. The first-order valence-electron chi connectivity index (χ1n) is 6.37. The Morgan fingerprint density at radius 2 is 1.41 bits per heavy atom. The van der Waals surface area contributed by atoms with Gasteiger partial charge >= 0.3 is 27.7 Å². The van der Waals surface area contributed by atoms with Gasteiger partial charge < -0.3 is 4.74 Å². The molecule has 6 nitrogen and oxygen atoms in total. The summed E-state index contributed by atoms with van der Waals surface area (Å²) in [5, 5.41) is -6.60. The first kappa shape index (κ1) is 23.2. The van der Waals surface area contributed by atoms with E-state index in [9.17, 15) is 47.6 Å². The molecule has 0 aliphatic rings. The number of alkyl halides is 7. The summed E-state index contributed by atoms with van der Waals surface area (Å²) in [4.78, 5) is 0. The maximum absolute atomic E-state index is 13.8. The number of ether oxygens (including phenoxy) is 1. The summed E-state index contributed by atoms with van der Waals surface area (Å²) in [7, 11) is -13.5. The molecule has 15 heteroatoms. The van der Waals surface area contributed by atoms with Crippen molar-refractivity contribution < 1.29 is 52.3 Å². The highest BCUT2D eigenvalue weighted by molar-refractivity contribution is 8.04. The summed E-state index contributed by atoms with van der Waals surface area (Å²) in [6.07, 6.45) is -11.7. The van der Waals surface area contributed by atoms with Crippen molar-refractivity contribution in [2.75, 3.05) is 6.26 Å². The Morgan fingerprint density at radius 1 is 0.963 bits per heavy atom. The van der Waals surface area contributed by atoms with Crippen LogP contribution < -0.4 is 4.74 Å². The standard InChI is InChI=1S/C12H10F7NO5S2/c1-3-8-4-6-9(7-5-8)25-10(13,14)11(15,16)27(23,24)20(12(17,18)19)26(2,21)22/h3-7H,1H2,2H3. The van der Waals surface area contributed by atoms with Crippen LogP contribution >= 0.6 is 0 Å². The summed E-state index contributed by atoms with van der Waals surface area (Å²) < 4.78 is 139. The topological polar surface area (TPSA) is 80.8 Å². The van der Waals surface area contributed by atoms with Crippen LogP contribution in [0.5, 0.6) is 5.75 Å². The molecule has 0 unspecified atom stereocenters. The molecule has 0 N–H and O–H groups in total. The van der Waals surface area contributed by atoms with Gasteiger partial charge in [-0.1, -0.05) is 24.8 Å². The predicted molar refractivity (Wildman–Crippen MR) is 78.7 cm³/mol. The molecule has 0 saturated carbocycles. The quantitative estimate of drug-likeness (QED) is 0.476. The molecule has 1 aromatic rings. The largest absolute Gasteiger partial charge is 0.487 e. The van der Waals surface area contributed by atoms with E-state index in [-0.39, 0.29) is 0 Å². The van der Waals surface area contributed by atoms with Gasteiger partial charge in [-0.25, -0.2) is 16.8 Å². The van der Waals surface area contributed by atoms with Crippen molar-refractivity contribution in [3.8, 4) is 5.75 Å². The Kier molecular flexibility index (Phi) is 5.96. The van der Waals surface area contributed by atoms with Gasteiger partial charge in [0.05, 0.1) is 6.26 Å². The van der Waals surface area contributed by atoms with E-state index >= 15 is 0 Å². The molecule has 0 aliphatic carbocycles. The van der Waals surface area contributed by atoms with Gasteiger partial charge in [-0.15, -0.1) is 0 Å². The van der Waals surface area contributed by atoms with Crippen LogP contribution in [0.25, 0.3) is 6.08 Å². The van der Waals surface area contributed by atoms with Gasteiger partial charge in [-0.3, -0.25) is 0 Å². The number of sulfonamides is 2. The minimum atomic E-state index is -7.51. The van der Waals surface area contributed by atoms with Gasteiger partial charge in [-0.05, 0) is 17.7 Å². The first-order chi connectivity index (χ1) is 11.9. The minimum absolute atomic E-state index is 0.324. The monoisotopic (exact) mass is 445 g/mol. The van der Waals surface area contributed by atoms with Crippen molar-refractivity contribution >= 4 is 26.1 Å². The summed E-state index contributed by atoms with van der Waals surface area (Å²) >= 11 is 0. The van der Waals surface area contributed by atoms with Gasteiger partial charge in [-0.2, -0.15) is 30.7 Å². The third kappa shape index (κ3) is 4.52. The Bertz CT molecular complexity index is 908. The van der Waals surface area contributed by atoms with Gasteiger partial charge in [0, 0.05) is 3.71 Å². The molecule has 0 aliphatic heterocycles. The zero-order valence-electron chi connectivity index (χ0n) is 13.0. The molecule has 0 bridgehead atoms. The van der Waals surface area contributed by atoms with Gasteiger partial charge in [0.2, 0.25) is 10.0 Å². The van der Waals surface area contributed by atoms with E-state index in [0.717, 1.165) is 12.1 Å². The molecule has 0 aromatic heterocycles. The van der Waals surface area contributed by atoms with Crippen LogP contribution in [-0.4, -0.2) is 44.5 Å². The van der Waals surface area contributed by atoms with E-state index in [1.165, 1.54) is 6.08 Å². The van der Waals surface area contributed by atoms with Crippen LogP contribution in [0, 0.1) is 0 Å². The van der Waals surface area contributed by atoms with Crippen molar-refractivity contribution in [2.45, 2.75) is 17.7 Å². The molecular formula is C12H10F7NO5S2. The fraction of sp³-hybridized carbons (Fsp3) is 0.333. The molecular weight excluding hydrogens is 435 g/mol. The highest BCUT2D eigenvalue weighted by Gasteiger charge is 2.75. The van der Waals surface area contributed by atoms with Crippen molar-refractivity contribution in [3.05, 3.63) is 36.4 Å². The predicted octanol–water partition coefficient (Wildman–Crippen LogP) is 3.01. The average molecular weight is 445 g/mol. The van der Waals surface area contributed by atoms with E-state index in [4.69, 9.17) is 0 Å². The van der Waals surface area contributed by atoms with Gasteiger partial charge in [0.15, 0.2) is 0 Å². The van der Waals surface area contributed by atoms with Crippen molar-refractivity contribution in [2.24, 2.45) is 0 Å². The number of hydrogen-bond acceptors (Lipinski definition) is 5. The lowest BCUT2D eigenvalue weighted by Gasteiger charge is -2.30. The zero-order chi connectivity index (χ0) is 21.5. The van der Waals surface area contributed by atoms with E-state index in [0.29, 0.717) is 17.7 Å². The van der Waals surface area contributed by atoms with Crippen LogP contribution in [0.1, 0.15) is 5.56 Å².